The third-order valence-corrected chi connectivity index (χ3v) is 6.26. The number of hydrogen-bond donors (Lipinski definition) is 2. The van der Waals surface area contributed by atoms with Gasteiger partial charge in [0, 0.05) is 42.7 Å². The number of nitrogens with two attached hydrogens (primary N) is 1. The van der Waals surface area contributed by atoms with Crippen molar-refractivity contribution in [3.63, 3.8) is 0 Å². The number of carbonyl (C=O) groups excluding carboxylic acids is 1. The molecule has 0 spiro atoms. The van der Waals surface area contributed by atoms with Crippen LogP contribution in [0.25, 0.3) is 0 Å². The summed E-state index contributed by atoms with van der Waals surface area (Å²) in [5.74, 6) is -0.887. The van der Waals surface area contributed by atoms with Crippen molar-refractivity contribution in [2.24, 2.45) is 11.7 Å². The molecule has 3 rings (SSSR count). The van der Waals surface area contributed by atoms with E-state index in [2.05, 4.69) is 9.80 Å². The van der Waals surface area contributed by atoms with E-state index in [0.29, 0.717) is 43.1 Å². The number of hydrogen-bond acceptors (Lipinski definition) is 4. The molecule has 0 unspecified atom stereocenters. The molecule has 0 saturated carbocycles. The average molecular weight is 470 g/mol. The van der Waals surface area contributed by atoms with Crippen LogP contribution in [0.3, 0.4) is 0 Å². The molecule has 1 saturated heterocycles. The highest BCUT2D eigenvalue weighted by atomic mass is 35.5. The predicted octanol–water partition coefficient (Wildman–Crippen LogP) is 3.31. The van der Waals surface area contributed by atoms with E-state index in [9.17, 15) is 14.3 Å². The number of piperidine rings is 1. The Morgan fingerprint density at radius 1 is 1.32 bits per heavy atom. The van der Waals surface area contributed by atoms with Crippen LogP contribution in [-0.2, 0) is 12.0 Å². The van der Waals surface area contributed by atoms with E-state index in [4.69, 9.17) is 17.3 Å². The summed E-state index contributed by atoms with van der Waals surface area (Å²) in [6, 6.07) is 11.5. The second kappa shape index (κ2) is 10.7. The Morgan fingerprint density at radius 3 is 2.71 bits per heavy atom. The molecule has 1 aliphatic rings. The molecule has 5 nitrogen and oxygen atoms in total. The lowest BCUT2D eigenvalue weighted by atomic mass is 9.75. The lowest BCUT2D eigenvalue weighted by molar-refractivity contribution is -0.0843. The van der Waals surface area contributed by atoms with E-state index in [-0.39, 0.29) is 24.1 Å². The van der Waals surface area contributed by atoms with Crippen LogP contribution in [0.2, 0.25) is 5.02 Å². The highest BCUT2D eigenvalue weighted by Crippen LogP contribution is 2.38. The van der Waals surface area contributed by atoms with Crippen LogP contribution in [0.15, 0.2) is 42.5 Å². The van der Waals surface area contributed by atoms with Crippen LogP contribution in [0.1, 0.15) is 27.9 Å². The Morgan fingerprint density at radius 2 is 2.06 bits per heavy atom. The molecule has 0 radical (unpaired) electrons. The van der Waals surface area contributed by atoms with Crippen molar-refractivity contribution < 1.29 is 14.3 Å². The first kappa shape index (κ1) is 25.6. The van der Waals surface area contributed by atoms with Gasteiger partial charge in [-0.2, -0.15) is 0 Å². The Hall–Kier alpha value is -1.70. The number of primary amides is 1. The third kappa shape index (κ3) is 6.18. The average Bonchev–Trinajstić information content (AvgIpc) is 2.69. The molecule has 170 valence electrons. The number of amides is 1. The smallest absolute Gasteiger partial charge is 0.248 e. The standard InChI is InChI=1S/C23H29ClFN3O2.ClH/c1-27(2)14-19-15-28(10-8-16-6-7-20(25)13-21(16)24)11-9-23(19,30)18-5-3-4-17(12-18)22(26)29;/h3-7,12-13,19,30H,8-11,14-15H2,1-2H3,(H2,26,29);1H/t19-,23-;/m1./s1. The normalized spacial score (nSPS) is 21.7. The van der Waals surface area contributed by atoms with Gasteiger partial charge in [-0.15, -0.1) is 12.4 Å². The highest BCUT2D eigenvalue weighted by Gasteiger charge is 2.43. The summed E-state index contributed by atoms with van der Waals surface area (Å²) in [5.41, 5.74) is 6.44. The first-order chi connectivity index (χ1) is 14.2. The molecule has 2 aromatic rings. The zero-order chi connectivity index (χ0) is 21.9. The molecule has 0 aliphatic carbocycles. The van der Waals surface area contributed by atoms with Gasteiger partial charge in [-0.25, -0.2) is 4.39 Å². The van der Waals surface area contributed by atoms with Crippen molar-refractivity contribution in [1.29, 1.82) is 0 Å². The zero-order valence-corrected chi connectivity index (χ0v) is 19.4. The number of rotatable bonds is 7. The molecule has 1 aliphatic heterocycles. The van der Waals surface area contributed by atoms with Gasteiger partial charge in [0.15, 0.2) is 0 Å². The lowest BCUT2D eigenvalue weighted by Gasteiger charge is -2.46. The molecule has 1 heterocycles. The van der Waals surface area contributed by atoms with Gasteiger partial charge in [-0.3, -0.25) is 4.79 Å². The Labute approximate surface area is 194 Å². The Kier molecular flexibility index (Phi) is 8.86. The Bertz CT molecular complexity index is 912. The molecular weight excluding hydrogens is 440 g/mol. The summed E-state index contributed by atoms with van der Waals surface area (Å²) in [6.07, 6.45) is 1.26. The molecule has 3 N–H and O–H groups in total. The number of benzene rings is 2. The molecule has 0 aromatic heterocycles. The molecule has 8 heteroatoms. The first-order valence-electron chi connectivity index (χ1n) is 10.1. The maximum absolute atomic E-state index is 13.3. The number of nitrogens with zero attached hydrogens (tertiary/aromatic N) is 2. The van der Waals surface area contributed by atoms with Crippen LogP contribution >= 0.6 is 24.0 Å². The lowest BCUT2D eigenvalue weighted by Crippen LogP contribution is -2.53. The van der Waals surface area contributed by atoms with Gasteiger partial charge in [0.1, 0.15) is 5.82 Å². The summed E-state index contributed by atoms with van der Waals surface area (Å²) < 4.78 is 13.3. The summed E-state index contributed by atoms with van der Waals surface area (Å²) in [5, 5.41) is 12.1. The first-order valence-corrected chi connectivity index (χ1v) is 10.5. The minimum atomic E-state index is -1.04. The fourth-order valence-corrected chi connectivity index (χ4v) is 4.53. The fourth-order valence-electron chi connectivity index (χ4n) is 4.26. The van der Waals surface area contributed by atoms with Crippen LogP contribution in [0.5, 0.6) is 0 Å². The second-order valence-electron chi connectivity index (χ2n) is 8.36. The van der Waals surface area contributed by atoms with Crippen LogP contribution in [0.4, 0.5) is 4.39 Å². The molecule has 31 heavy (non-hydrogen) atoms. The minimum absolute atomic E-state index is 0. The highest BCUT2D eigenvalue weighted by molar-refractivity contribution is 6.31. The van der Waals surface area contributed by atoms with E-state index < -0.39 is 11.5 Å². The molecule has 1 fully saturated rings. The third-order valence-electron chi connectivity index (χ3n) is 5.91. The van der Waals surface area contributed by atoms with E-state index in [1.807, 2.05) is 20.2 Å². The molecule has 1 amide bonds. The molecule has 2 aromatic carbocycles. The van der Waals surface area contributed by atoms with Gasteiger partial charge < -0.3 is 20.6 Å². The van der Waals surface area contributed by atoms with Crippen LogP contribution in [0, 0.1) is 11.7 Å². The van der Waals surface area contributed by atoms with Crippen molar-refractivity contribution in [1.82, 2.24) is 9.80 Å². The number of aliphatic hydroxyl groups is 1. The summed E-state index contributed by atoms with van der Waals surface area (Å²) in [6.45, 7) is 2.88. The van der Waals surface area contributed by atoms with Gasteiger partial charge in [0.2, 0.25) is 5.91 Å². The van der Waals surface area contributed by atoms with Gasteiger partial charge >= 0.3 is 0 Å². The zero-order valence-electron chi connectivity index (χ0n) is 17.9. The summed E-state index contributed by atoms with van der Waals surface area (Å²) in [7, 11) is 3.97. The van der Waals surface area contributed by atoms with Crippen LogP contribution in [-0.4, -0.2) is 61.1 Å². The summed E-state index contributed by atoms with van der Waals surface area (Å²) >= 11 is 6.17. The SMILES string of the molecule is CN(C)C[C@@H]1CN(CCc2ccc(F)cc2Cl)CC[C@@]1(O)c1cccc(C(N)=O)c1.Cl. The van der Waals surface area contributed by atoms with Crippen molar-refractivity contribution in [2.75, 3.05) is 40.3 Å². The maximum Gasteiger partial charge on any atom is 0.248 e. The van der Waals surface area contributed by atoms with Crippen molar-refractivity contribution in [3.05, 3.63) is 70.0 Å². The largest absolute Gasteiger partial charge is 0.385 e. The minimum Gasteiger partial charge on any atom is -0.385 e. The number of likely N-dealkylation sites (tertiary alicyclic amines) is 1. The van der Waals surface area contributed by atoms with E-state index in [1.54, 1.807) is 24.3 Å². The monoisotopic (exact) mass is 469 g/mol. The number of halogens is 3. The maximum atomic E-state index is 13.3. The van der Waals surface area contributed by atoms with Gasteiger partial charge in [0.25, 0.3) is 0 Å². The van der Waals surface area contributed by atoms with Crippen molar-refractivity contribution >= 4 is 29.9 Å². The quantitative estimate of drug-likeness (QED) is 0.652. The van der Waals surface area contributed by atoms with E-state index in [1.165, 1.54) is 12.1 Å². The van der Waals surface area contributed by atoms with Crippen molar-refractivity contribution in [3.8, 4) is 0 Å². The molecule has 0 bridgehead atoms. The molecular formula is C23H30Cl2FN3O2. The van der Waals surface area contributed by atoms with E-state index >= 15 is 0 Å². The number of carbonyl (C=O) groups is 1. The van der Waals surface area contributed by atoms with E-state index in [0.717, 1.165) is 17.7 Å². The molecule has 2 atom stereocenters. The summed E-state index contributed by atoms with van der Waals surface area (Å²) in [4.78, 5) is 16.0. The van der Waals surface area contributed by atoms with Gasteiger partial charge in [-0.05, 0) is 62.3 Å². The van der Waals surface area contributed by atoms with Gasteiger partial charge in [0.05, 0.1) is 5.60 Å². The van der Waals surface area contributed by atoms with Crippen LogP contribution < -0.4 is 5.73 Å². The fraction of sp³-hybridized carbons (Fsp3) is 0.435. The Balaban J connectivity index is 0.00000341. The van der Waals surface area contributed by atoms with Gasteiger partial charge in [-0.1, -0.05) is 29.8 Å². The van der Waals surface area contributed by atoms with Crippen molar-refractivity contribution in [2.45, 2.75) is 18.4 Å². The topological polar surface area (TPSA) is 69.8 Å². The second-order valence-corrected chi connectivity index (χ2v) is 8.77. The predicted molar refractivity (Wildman–Crippen MR) is 124 cm³/mol.